The highest BCUT2D eigenvalue weighted by Crippen LogP contribution is 2.65. The highest BCUT2D eigenvalue weighted by atomic mass is 31.2. The Morgan fingerprint density at radius 2 is 0.739 bits per heavy atom. The molecule has 754 valence electrons. The monoisotopic (exact) mass is 1920 g/mol. The summed E-state index contributed by atoms with van der Waals surface area (Å²) in [6.45, 7) is 5.97. The number of nitrogens with one attached hydrogen (secondary N) is 3. The molecule has 12 atom stereocenters. The fourth-order valence-electron chi connectivity index (χ4n) is 17.8. The van der Waals surface area contributed by atoms with Gasteiger partial charge in [-0.05, 0) is 83.0 Å². The van der Waals surface area contributed by atoms with Crippen molar-refractivity contribution in [1.82, 2.24) is 16.0 Å². The van der Waals surface area contributed by atoms with Crippen molar-refractivity contribution in [2.24, 2.45) is 0 Å². The summed E-state index contributed by atoms with van der Waals surface area (Å²) in [5.41, 5.74) is 6.17. The Bertz CT molecular complexity index is 4500. The largest absolute Gasteiger partial charge is 0.462 e. The first-order valence-electron chi connectivity index (χ1n) is 52.0. The predicted molar refractivity (Wildman–Crippen MR) is 542 cm³/mol. The Morgan fingerprint density at radius 1 is 0.370 bits per heavy atom. The molecule has 0 bridgehead atoms. The molecule has 0 spiro atoms. The molecule has 10 rings (SSSR count). The molecule has 0 aromatic heterocycles. The maximum Gasteiger partial charge on any atom is 0.407 e. The van der Waals surface area contributed by atoms with Crippen LogP contribution in [0.4, 0.5) is 4.79 Å². The zero-order valence-corrected chi connectivity index (χ0v) is 83.5. The molecule has 0 radical (unpaired) electrons. The van der Waals surface area contributed by atoms with E-state index >= 15 is 14.2 Å². The zero-order chi connectivity index (χ0) is 96.8. The molecule has 8 aromatic rings. The highest BCUT2D eigenvalue weighted by Gasteiger charge is 2.69. The van der Waals surface area contributed by atoms with Gasteiger partial charge in [0.15, 0.2) is 12.6 Å². The number of rotatable bonds is 73. The molecular formula is C115H160N3O19P. The first-order valence-corrected chi connectivity index (χ1v) is 53.5. The summed E-state index contributed by atoms with van der Waals surface area (Å²) in [4.78, 5) is 59.1. The predicted octanol–water partition coefficient (Wildman–Crippen LogP) is 25.3. The van der Waals surface area contributed by atoms with Gasteiger partial charge in [0.2, 0.25) is 17.2 Å². The average Bonchev–Trinajstić information content (AvgIpc) is 0.718. The lowest BCUT2D eigenvalue weighted by Crippen LogP contribution is -2.72. The van der Waals surface area contributed by atoms with E-state index in [2.05, 4.69) is 36.7 Å². The molecule has 138 heavy (non-hydrogen) atoms. The van der Waals surface area contributed by atoms with Crippen LogP contribution in [0.1, 0.15) is 296 Å². The molecule has 2 fully saturated rings. The number of benzene rings is 8. The number of alkyl carbamates (subject to hydrolysis) is 1. The number of esters is 1. The Labute approximate surface area is 823 Å². The maximum atomic E-state index is 17.5. The van der Waals surface area contributed by atoms with Crippen LogP contribution in [0.5, 0.6) is 0 Å². The SMILES string of the molecule is CCCCCCCCCCCC(=O)O[C@H](CCCCCCCCCCC)CC(=O)N[C@@H]1[C@H](OC[C@H]2O[C@H](OCCCCCCNC(=O)OCc3ccccc3)[C@@H](NC(=O)C[C@@H](CCCCCCCCCCC)OCc3ccccc3)[C@@H](OCc3ccccc3)[C@@H]2OCc2ccccc2)O[C@H](COCc2ccccc2)[C@](O)(P(=O)(OCc2ccccc2)OCc2ccccc2)[C@@H]1OCc1ccccc1. The summed E-state index contributed by atoms with van der Waals surface area (Å²) in [6.07, 6.45) is 21.0. The van der Waals surface area contributed by atoms with Gasteiger partial charge in [-0.1, -0.05) is 437 Å². The quantitative estimate of drug-likeness (QED) is 0.0157. The molecule has 2 aliphatic heterocycles. The third-order valence-electron chi connectivity index (χ3n) is 25.7. The molecule has 3 amide bonds. The van der Waals surface area contributed by atoms with E-state index in [0.29, 0.717) is 74.8 Å². The summed E-state index contributed by atoms with van der Waals surface area (Å²) in [5.74, 6) is -1.34. The van der Waals surface area contributed by atoms with Crippen molar-refractivity contribution in [2.75, 3.05) is 26.4 Å². The molecule has 0 saturated carbocycles. The highest BCUT2D eigenvalue weighted by molar-refractivity contribution is 7.55. The first-order chi connectivity index (χ1) is 67.8. The van der Waals surface area contributed by atoms with Crippen LogP contribution < -0.4 is 16.0 Å². The van der Waals surface area contributed by atoms with Crippen molar-refractivity contribution < 1.29 is 90.0 Å². The number of carbonyl (C=O) groups excluding carboxylic acids is 4. The number of unbranched alkanes of at least 4 members (excludes halogenated alkanes) is 27. The van der Waals surface area contributed by atoms with E-state index in [1.807, 2.05) is 243 Å². The summed E-state index contributed by atoms with van der Waals surface area (Å²) in [7, 11) is -5.23. The number of hydrogen-bond donors (Lipinski definition) is 4. The van der Waals surface area contributed by atoms with Crippen molar-refractivity contribution in [1.29, 1.82) is 0 Å². The standard InChI is InChI=1S/C115H160N3O19P/c1-4-7-10-13-16-19-22-25-54-75-100(127-83-93-61-40-31-41-62-93)80-104(119)117-107-110(129-85-95-65-44-33-45-66-95)109(128-84-94-63-42-32-43-64-94)102(136-112(107)126-79-58-29-28-57-78-116-114(122)132-87-97-69-48-35-49-70-97)90-131-113-108(118-105(120)81-101(76-55-26-23-20-17-14-11-8-5-2)135-106(121)77-56-27-24-21-18-15-12-9-6-3)111(130-86-96-67-46-34-47-68-96)115(123,103(137-113)91-125-82-92-59-38-30-39-60-92)138(124,133-88-98-71-50-36-51-72-98)134-89-99-73-52-37-53-74-99/h30-53,59-74,100-103,107-113,123H,4-29,54-58,75-91H2,1-3H3,(H,116,122)(H,117,119)(H,118,120)/t100-,101-,102-,103-,107+,108+,109-,110-,111-,112+,113-,115+/m1/s1. The minimum atomic E-state index is -5.23. The summed E-state index contributed by atoms with van der Waals surface area (Å²) < 4.78 is 108. The number of carbonyl (C=O) groups is 4. The van der Waals surface area contributed by atoms with E-state index in [9.17, 15) is 14.7 Å². The van der Waals surface area contributed by atoms with E-state index in [1.54, 1.807) is 0 Å². The van der Waals surface area contributed by atoms with Crippen LogP contribution in [-0.4, -0.2) is 128 Å². The third kappa shape index (κ3) is 41.8. The first kappa shape index (κ1) is 111. The molecule has 2 aliphatic rings. The van der Waals surface area contributed by atoms with Gasteiger partial charge < -0.3 is 82.2 Å². The van der Waals surface area contributed by atoms with Gasteiger partial charge in [-0.15, -0.1) is 0 Å². The van der Waals surface area contributed by atoms with Gasteiger partial charge in [-0.3, -0.25) is 18.9 Å². The van der Waals surface area contributed by atoms with Crippen LogP contribution in [0.3, 0.4) is 0 Å². The van der Waals surface area contributed by atoms with Gasteiger partial charge in [-0.25, -0.2) is 4.79 Å². The van der Waals surface area contributed by atoms with Crippen molar-refractivity contribution in [3.63, 3.8) is 0 Å². The summed E-state index contributed by atoms with van der Waals surface area (Å²) in [5, 5.41) is 21.7. The third-order valence-corrected chi connectivity index (χ3v) is 28.1. The van der Waals surface area contributed by atoms with Crippen molar-refractivity contribution >= 4 is 31.5 Å². The molecule has 4 N–H and O–H groups in total. The van der Waals surface area contributed by atoms with Crippen LogP contribution in [0, 0.1) is 0 Å². The fourth-order valence-corrected chi connectivity index (χ4v) is 20.0. The lowest BCUT2D eigenvalue weighted by molar-refractivity contribution is -0.322. The zero-order valence-electron chi connectivity index (χ0n) is 82.6. The molecular weight excluding hydrogens is 1760 g/mol. The average molecular weight is 1920 g/mol. The van der Waals surface area contributed by atoms with Crippen LogP contribution in [0.25, 0.3) is 0 Å². The second kappa shape index (κ2) is 66.8. The van der Waals surface area contributed by atoms with Gasteiger partial charge in [0.1, 0.15) is 55.3 Å². The number of amides is 3. The van der Waals surface area contributed by atoms with Crippen molar-refractivity contribution in [3.8, 4) is 0 Å². The van der Waals surface area contributed by atoms with Gasteiger partial charge >= 0.3 is 19.7 Å². The van der Waals surface area contributed by atoms with Crippen LogP contribution in [0.15, 0.2) is 243 Å². The second-order valence-corrected chi connectivity index (χ2v) is 39.3. The topological polar surface area (TPSA) is 262 Å². The van der Waals surface area contributed by atoms with E-state index in [4.69, 9.17) is 61.2 Å². The van der Waals surface area contributed by atoms with Crippen molar-refractivity contribution in [3.05, 3.63) is 287 Å². The molecule has 0 aliphatic carbocycles. The van der Waals surface area contributed by atoms with Crippen molar-refractivity contribution in [2.45, 2.75) is 378 Å². The van der Waals surface area contributed by atoms with E-state index in [0.717, 1.165) is 118 Å². The minimum Gasteiger partial charge on any atom is -0.462 e. The lowest BCUT2D eigenvalue weighted by Gasteiger charge is -2.53. The van der Waals surface area contributed by atoms with Gasteiger partial charge in [-0.2, -0.15) is 0 Å². The van der Waals surface area contributed by atoms with Crippen LogP contribution in [0.2, 0.25) is 0 Å². The van der Waals surface area contributed by atoms with E-state index in [-0.39, 0.29) is 78.0 Å². The number of aliphatic hydroxyl groups is 1. The fraction of sp³-hybridized carbons (Fsp3) is 0.548. The van der Waals surface area contributed by atoms with Gasteiger partial charge in [0, 0.05) is 19.6 Å². The van der Waals surface area contributed by atoms with Crippen LogP contribution in [-0.2, 0) is 133 Å². The van der Waals surface area contributed by atoms with E-state index < -0.39 is 112 Å². The number of hydrogen-bond acceptors (Lipinski definition) is 19. The molecule has 8 aromatic carbocycles. The Kier molecular flexibility index (Phi) is 53.8. The summed E-state index contributed by atoms with van der Waals surface area (Å²) in [6, 6.07) is 73.4. The molecule has 22 nitrogen and oxygen atoms in total. The van der Waals surface area contributed by atoms with Crippen LogP contribution >= 0.6 is 7.60 Å². The maximum absolute atomic E-state index is 17.5. The minimum absolute atomic E-state index is 0.0000471. The molecule has 2 saturated heterocycles. The van der Waals surface area contributed by atoms with Gasteiger partial charge in [0.25, 0.3) is 0 Å². The second-order valence-electron chi connectivity index (χ2n) is 37.1. The summed E-state index contributed by atoms with van der Waals surface area (Å²) >= 11 is 0. The van der Waals surface area contributed by atoms with E-state index in [1.165, 1.54) is 77.0 Å². The van der Waals surface area contributed by atoms with Gasteiger partial charge in [0.05, 0.1) is 78.4 Å². The molecule has 2 heterocycles. The Hall–Kier alpha value is -8.81. The molecule has 23 heteroatoms. The smallest absolute Gasteiger partial charge is 0.407 e. The Morgan fingerprint density at radius 3 is 1.21 bits per heavy atom. The molecule has 0 unspecified atom stereocenters. The lowest BCUT2D eigenvalue weighted by atomic mass is 9.94. The Balaban J connectivity index is 1.06. The number of ether oxygens (including phenoxy) is 11. The normalized spacial score (nSPS) is 19.2.